The number of carboxylic acid groups (broad SMARTS) is 1. The molecule has 0 spiro atoms. The third kappa shape index (κ3) is 2.38. The minimum atomic E-state index is -0.930. The summed E-state index contributed by atoms with van der Waals surface area (Å²) >= 11 is 0. The Morgan fingerprint density at radius 3 is 2.79 bits per heavy atom. The van der Waals surface area contributed by atoms with Gasteiger partial charge in [-0.2, -0.15) is 0 Å². The molecule has 1 N–H and O–H groups in total. The first-order chi connectivity index (χ1) is 8.91. The molecule has 2 rings (SSSR count). The minimum absolute atomic E-state index is 0.0161. The Bertz CT molecular complexity index is 529. The molecule has 1 saturated heterocycles. The highest BCUT2D eigenvalue weighted by molar-refractivity contribution is 5.81. The lowest BCUT2D eigenvalue weighted by molar-refractivity contribution is -0.384. The number of aliphatic carboxylic acids is 1. The molecule has 19 heavy (non-hydrogen) atoms. The second-order valence-electron chi connectivity index (χ2n) is 4.99. The summed E-state index contributed by atoms with van der Waals surface area (Å²) in [6.45, 7) is 4.23. The van der Waals surface area contributed by atoms with Gasteiger partial charge >= 0.3 is 5.97 Å². The second kappa shape index (κ2) is 4.87. The first-order valence-electron chi connectivity index (χ1n) is 6.16. The highest BCUT2D eigenvalue weighted by Gasteiger charge is 2.39. The molecular weight excluding hydrogens is 248 g/mol. The molecule has 6 nitrogen and oxygen atoms in total. The molecule has 0 aliphatic carbocycles. The number of carboxylic acids is 1. The SMILES string of the molecule is Cc1ccc([N+](=O)[O-])c(N2CCC(C)C2C(=O)O)c1. The molecule has 0 saturated carbocycles. The Morgan fingerprint density at radius 2 is 2.21 bits per heavy atom. The first kappa shape index (κ1) is 13.3. The molecule has 2 atom stereocenters. The number of rotatable bonds is 3. The van der Waals surface area contributed by atoms with Crippen molar-refractivity contribution in [2.75, 3.05) is 11.4 Å². The lowest BCUT2D eigenvalue weighted by atomic mass is 10.0. The molecule has 1 aromatic rings. The summed E-state index contributed by atoms with van der Waals surface area (Å²) in [7, 11) is 0. The van der Waals surface area contributed by atoms with Crippen LogP contribution in [0.4, 0.5) is 11.4 Å². The van der Waals surface area contributed by atoms with E-state index in [0.717, 1.165) is 12.0 Å². The van der Waals surface area contributed by atoms with Crippen LogP contribution in [-0.2, 0) is 4.79 Å². The van der Waals surface area contributed by atoms with E-state index in [1.165, 1.54) is 6.07 Å². The molecule has 102 valence electrons. The molecule has 0 radical (unpaired) electrons. The minimum Gasteiger partial charge on any atom is -0.480 e. The standard InChI is InChI=1S/C13H16N2O4/c1-8-3-4-10(15(18)19)11(7-8)14-6-5-9(2)12(14)13(16)17/h3-4,7,9,12H,5-6H2,1-2H3,(H,16,17). The Morgan fingerprint density at radius 1 is 1.53 bits per heavy atom. The Balaban J connectivity index is 2.48. The maximum Gasteiger partial charge on any atom is 0.326 e. The van der Waals surface area contributed by atoms with E-state index in [0.29, 0.717) is 12.2 Å². The van der Waals surface area contributed by atoms with E-state index in [2.05, 4.69) is 0 Å². The summed E-state index contributed by atoms with van der Waals surface area (Å²) in [6.07, 6.45) is 0.724. The molecule has 0 bridgehead atoms. The van der Waals surface area contributed by atoms with E-state index in [-0.39, 0.29) is 11.6 Å². The van der Waals surface area contributed by atoms with Crippen molar-refractivity contribution in [3.05, 3.63) is 33.9 Å². The normalized spacial score (nSPS) is 22.5. The van der Waals surface area contributed by atoms with Crippen molar-refractivity contribution in [3.63, 3.8) is 0 Å². The predicted octanol–water partition coefficient (Wildman–Crippen LogP) is 2.20. The molecule has 1 aliphatic rings. The van der Waals surface area contributed by atoms with Crippen LogP contribution in [0, 0.1) is 23.0 Å². The first-order valence-corrected chi connectivity index (χ1v) is 6.16. The second-order valence-corrected chi connectivity index (χ2v) is 4.99. The van der Waals surface area contributed by atoms with E-state index in [4.69, 9.17) is 0 Å². The highest BCUT2D eigenvalue weighted by Crippen LogP contribution is 2.36. The van der Waals surface area contributed by atoms with Gasteiger partial charge in [-0.05, 0) is 30.9 Å². The van der Waals surface area contributed by atoms with Gasteiger partial charge in [0.25, 0.3) is 5.69 Å². The zero-order valence-electron chi connectivity index (χ0n) is 10.9. The summed E-state index contributed by atoms with van der Waals surface area (Å²) in [6, 6.07) is 4.09. The maximum absolute atomic E-state index is 11.4. The summed E-state index contributed by atoms with van der Waals surface area (Å²) in [5.74, 6) is -0.946. The van der Waals surface area contributed by atoms with Crippen LogP contribution in [0.15, 0.2) is 18.2 Å². The van der Waals surface area contributed by atoms with E-state index in [1.807, 2.05) is 13.8 Å². The van der Waals surface area contributed by atoms with Crippen LogP contribution in [0.5, 0.6) is 0 Å². The Kier molecular flexibility index (Phi) is 3.42. The zero-order chi connectivity index (χ0) is 14.2. The summed E-state index contributed by atoms with van der Waals surface area (Å²) in [5, 5.41) is 20.4. The van der Waals surface area contributed by atoms with Crippen LogP contribution in [0.25, 0.3) is 0 Å². The third-order valence-electron chi connectivity index (χ3n) is 3.59. The van der Waals surface area contributed by atoms with Crippen LogP contribution >= 0.6 is 0 Å². The average molecular weight is 264 g/mol. The van der Waals surface area contributed by atoms with Gasteiger partial charge < -0.3 is 10.0 Å². The molecular formula is C13H16N2O4. The van der Waals surface area contributed by atoms with Gasteiger partial charge in [-0.1, -0.05) is 13.0 Å². The molecule has 1 aromatic carbocycles. The van der Waals surface area contributed by atoms with Crippen LogP contribution in [0.1, 0.15) is 18.9 Å². The largest absolute Gasteiger partial charge is 0.480 e. The molecule has 0 amide bonds. The van der Waals surface area contributed by atoms with E-state index < -0.39 is 16.9 Å². The van der Waals surface area contributed by atoms with Crippen molar-refractivity contribution in [1.29, 1.82) is 0 Å². The van der Waals surface area contributed by atoms with E-state index in [9.17, 15) is 20.0 Å². The maximum atomic E-state index is 11.4. The number of carbonyl (C=O) groups is 1. The van der Waals surface area contributed by atoms with Gasteiger partial charge in [0.15, 0.2) is 0 Å². The van der Waals surface area contributed by atoms with Gasteiger partial charge in [-0.3, -0.25) is 10.1 Å². The van der Waals surface area contributed by atoms with E-state index in [1.54, 1.807) is 17.0 Å². The lowest BCUT2D eigenvalue weighted by Gasteiger charge is -2.25. The van der Waals surface area contributed by atoms with Crippen LogP contribution in [-0.4, -0.2) is 28.6 Å². The summed E-state index contributed by atoms with van der Waals surface area (Å²) in [4.78, 5) is 23.6. The van der Waals surface area contributed by atoms with Crippen molar-refractivity contribution in [2.45, 2.75) is 26.3 Å². The fourth-order valence-electron chi connectivity index (χ4n) is 2.61. The fraction of sp³-hybridized carbons (Fsp3) is 0.462. The topological polar surface area (TPSA) is 83.7 Å². The van der Waals surface area contributed by atoms with Crippen molar-refractivity contribution >= 4 is 17.3 Å². The zero-order valence-corrected chi connectivity index (χ0v) is 10.9. The predicted molar refractivity (Wildman–Crippen MR) is 70.4 cm³/mol. The third-order valence-corrected chi connectivity index (χ3v) is 3.59. The number of nitro groups is 1. The average Bonchev–Trinajstić information content (AvgIpc) is 2.70. The van der Waals surface area contributed by atoms with Crippen LogP contribution < -0.4 is 4.90 Å². The van der Waals surface area contributed by atoms with Gasteiger partial charge in [0.2, 0.25) is 0 Å². The van der Waals surface area contributed by atoms with Gasteiger partial charge in [-0.15, -0.1) is 0 Å². The molecule has 0 aromatic heterocycles. The van der Waals surface area contributed by atoms with Gasteiger partial charge in [0.05, 0.1) is 4.92 Å². The van der Waals surface area contributed by atoms with Crippen LogP contribution in [0.2, 0.25) is 0 Å². The molecule has 1 fully saturated rings. The van der Waals surface area contributed by atoms with Gasteiger partial charge in [0, 0.05) is 12.6 Å². The quantitative estimate of drug-likeness (QED) is 0.668. The lowest BCUT2D eigenvalue weighted by Crippen LogP contribution is -2.39. The molecule has 6 heteroatoms. The number of anilines is 1. The molecule has 1 heterocycles. The Labute approximate surface area is 110 Å². The molecule has 1 aliphatic heterocycles. The Hall–Kier alpha value is -2.11. The number of benzene rings is 1. The van der Waals surface area contributed by atoms with Crippen molar-refractivity contribution in [2.24, 2.45) is 5.92 Å². The number of nitro benzene ring substituents is 1. The summed E-state index contributed by atoms with van der Waals surface area (Å²) in [5.41, 5.74) is 1.25. The number of aryl methyl sites for hydroxylation is 1. The smallest absolute Gasteiger partial charge is 0.326 e. The number of hydrogen-bond donors (Lipinski definition) is 1. The highest BCUT2D eigenvalue weighted by atomic mass is 16.6. The number of nitrogens with zero attached hydrogens (tertiary/aromatic N) is 2. The monoisotopic (exact) mass is 264 g/mol. The van der Waals surface area contributed by atoms with E-state index >= 15 is 0 Å². The van der Waals surface area contributed by atoms with Gasteiger partial charge in [-0.25, -0.2) is 4.79 Å². The van der Waals surface area contributed by atoms with Crippen molar-refractivity contribution in [1.82, 2.24) is 0 Å². The van der Waals surface area contributed by atoms with Crippen molar-refractivity contribution in [3.8, 4) is 0 Å². The van der Waals surface area contributed by atoms with Gasteiger partial charge in [0.1, 0.15) is 11.7 Å². The fourth-order valence-corrected chi connectivity index (χ4v) is 2.61. The summed E-state index contributed by atoms with van der Waals surface area (Å²) < 4.78 is 0. The molecule has 2 unspecified atom stereocenters. The number of hydrogen-bond acceptors (Lipinski definition) is 4. The van der Waals surface area contributed by atoms with Crippen LogP contribution in [0.3, 0.4) is 0 Å². The van der Waals surface area contributed by atoms with Crippen molar-refractivity contribution < 1.29 is 14.8 Å².